The van der Waals surface area contributed by atoms with E-state index in [1.165, 1.54) is 42.1 Å². The number of H-pyrrole nitrogens is 1. The van der Waals surface area contributed by atoms with E-state index in [-0.39, 0.29) is 82.4 Å². The van der Waals surface area contributed by atoms with Crippen molar-refractivity contribution in [3.05, 3.63) is 76.7 Å². The molecular weight excluding hydrogens is 923 g/mol. The van der Waals surface area contributed by atoms with E-state index in [1.807, 2.05) is 4.90 Å². The van der Waals surface area contributed by atoms with E-state index in [2.05, 4.69) is 36.0 Å². The van der Waals surface area contributed by atoms with Crippen molar-refractivity contribution in [1.82, 2.24) is 54.6 Å². The number of imidazole rings is 1. The zero-order chi connectivity index (χ0) is 48.4. The minimum atomic E-state index is -4.89. The number of carbonyl (C=O) groups excluding carboxylic acids is 4. The van der Waals surface area contributed by atoms with Gasteiger partial charge in [0.25, 0.3) is 17.7 Å². The average molecular weight is 975 g/mol. The fourth-order valence-electron chi connectivity index (χ4n) is 10.8. The van der Waals surface area contributed by atoms with Crippen LogP contribution in [-0.4, -0.2) is 175 Å². The van der Waals surface area contributed by atoms with Gasteiger partial charge < -0.3 is 49.8 Å². The number of piperidine rings is 1. The number of halogens is 4. The Kier molecular flexibility index (Phi) is 12.2. The first-order chi connectivity index (χ1) is 33.0. The third-order valence-corrected chi connectivity index (χ3v) is 15.0. The van der Waals surface area contributed by atoms with Crippen LogP contribution in [-0.2, 0) is 22.8 Å². The van der Waals surface area contributed by atoms with Crippen LogP contribution in [0, 0.1) is 23.7 Å². The number of nitrogens with zero attached hydrogens (tertiary/aromatic N) is 9. The number of fused-ring (bicyclic) bond motifs is 2. The number of hydrogen-bond donors (Lipinski definition) is 5. The molecule has 23 heteroatoms. The number of likely N-dealkylation sites (tertiary alicyclic amines) is 2. The number of piperazine rings is 1. The van der Waals surface area contributed by atoms with Crippen molar-refractivity contribution >= 4 is 57.8 Å². The Morgan fingerprint density at radius 3 is 2.23 bits per heavy atom. The third kappa shape index (κ3) is 9.17. The van der Waals surface area contributed by atoms with Gasteiger partial charge in [0.2, 0.25) is 5.91 Å². The summed E-state index contributed by atoms with van der Waals surface area (Å²) in [5, 5.41) is 23.4. The van der Waals surface area contributed by atoms with Gasteiger partial charge in [0.05, 0.1) is 53.2 Å². The predicted molar refractivity (Wildman–Crippen MR) is 245 cm³/mol. The van der Waals surface area contributed by atoms with E-state index in [0.717, 1.165) is 49.8 Å². The highest BCUT2D eigenvalue weighted by Crippen LogP contribution is 2.38. The number of aromatic nitrogens is 6. The normalized spacial score (nSPS) is 23.0. The van der Waals surface area contributed by atoms with Gasteiger partial charge in [-0.2, -0.15) is 18.3 Å². The van der Waals surface area contributed by atoms with Gasteiger partial charge in [0, 0.05) is 127 Å². The highest BCUT2D eigenvalue weighted by Gasteiger charge is 2.43. The van der Waals surface area contributed by atoms with Crippen LogP contribution in [0.1, 0.15) is 50.0 Å². The number of rotatable bonds is 11. The maximum absolute atomic E-state index is 14.6. The Labute approximate surface area is 398 Å². The molecule has 0 bridgehead atoms. The molecule has 4 aromatic heterocycles. The van der Waals surface area contributed by atoms with Crippen molar-refractivity contribution in [2.24, 2.45) is 30.7 Å². The van der Waals surface area contributed by atoms with Crippen molar-refractivity contribution in [3.63, 3.8) is 0 Å². The second kappa shape index (κ2) is 18.2. The van der Waals surface area contributed by atoms with Gasteiger partial charge in [-0.05, 0) is 36.1 Å². The van der Waals surface area contributed by atoms with Crippen LogP contribution in [0.5, 0.6) is 0 Å². The molecule has 9 heterocycles. The summed E-state index contributed by atoms with van der Waals surface area (Å²) in [6, 6.07) is 7.56. The van der Waals surface area contributed by atoms with Crippen LogP contribution in [0.2, 0.25) is 5.02 Å². The largest absolute Gasteiger partial charge is 0.477 e. The van der Waals surface area contributed by atoms with Gasteiger partial charge in [-0.15, -0.1) is 0 Å². The second-order valence-electron chi connectivity index (χ2n) is 19.1. The molecule has 0 radical (unpaired) electrons. The predicted octanol–water partition coefficient (Wildman–Crippen LogP) is 3.18. The number of carboxylic acids is 1. The number of anilines is 1. The quantitative estimate of drug-likeness (QED) is 0.121. The highest BCUT2D eigenvalue weighted by molar-refractivity contribution is 6.34. The van der Waals surface area contributed by atoms with E-state index in [9.17, 15) is 42.3 Å². The number of benzene rings is 1. The molecule has 4 amide bonds. The van der Waals surface area contributed by atoms with Crippen molar-refractivity contribution in [1.29, 1.82) is 0 Å². The zero-order valence-electron chi connectivity index (χ0n) is 37.8. The zero-order valence-corrected chi connectivity index (χ0v) is 38.5. The molecular formula is C46H52ClF3N13O6+. The van der Waals surface area contributed by atoms with Gasteiger partial charge in [0.15, 0.2) is 23.9 Å². The molecule has 10 rings (SSSR count). The number of hydrogen-bond acceptors (Lipinski definition) is 10. The first-order valence-electron chi connectivity index (χ1n) is 23.2. The number of pyridine rings is 1. The number of aromatic amines is 1. The number of carboxylic acid groups (broad SMARTS) is 1. The van der Waals surface area contributed by atoms with Crippen molar-refractivity contribution in [3.8, 4) is 17.1 Å². The minimum absolute atomic E-state index is 0.0268. The minimum Gasteiger partial charge on any atom is -0.477 e. The SMILES string of the molecule is Cn1c(-c2cn(-c3cc4[nH]c(C(=O)N5C[C@H]6CNC[C@H]6C5)cc4cn3)nc2C(F)(F)F)cnc1C(=O)Nc1ccc(C(=O)N2CCN(C(=O)C3CC[N+](CC(=O)O)(CC4CNC4)CC3)CC2)c(Cl)c1. The van der Waals surface area contributed by atoms with E-state index in [0.29, 0.717) is 90.9 Å². The van der Waals surface area contributed by atoms with E-state index >= 15 is 0 Å². The smallest absolute Gasteiger partial charge is 0.435 e. The average Bonchev–Trinajstić information content (AvgIpc) is 4.15. The highest BCUT2D eigenvalue weighted by atomic mass is 35.5. The number of quaternary nitrogens is 1. The van der Waals surface area contributed by atoms with Gasteiger partial charge in [-0.25, -0.2) is 19.4 Å². The molecule has 0 unspecified atom stereocenters. The molecule has 364 valence electrons. The molecule has 5 saturated heterocycles. The Morgan fingerprint density at radius 1 is 0.884 bits per heavy atom. The summed E-state index contributed by atoms with van der Waals surface area (Å²) in [5.74, 6) is -1.13. The number of alkyl halides is 3. The summed E-state index contributed by atoms with van der Waals surface area (Å²) in [5.41, 5.74) is -0.370. The van der Waals surface area contributed by atoms with E-state index < -0.39 is 23.7 Å². The van der Waals surface area contributed by atoms with Crippen LogP contribution in [0.4, 0.5) is 18.9 Å². The Balaban J connectivity index is 0.767. The van der Waals surface area contributed by atoms with E-state index in [4.69, 9.17) is 11.6 Å². The molecule has 2 atom stereocenters. The first kappa shape index (κ1) is 46.4. The number of carbonyl (C=O) groups is 5. The lowest BCUT2D eigenvalue weighted by Crippen LogP contribution is -2.62. The molecule has 5 aliphatic rings. The summed E-state index contributed by atoms with van der Waals surface area (Å²) in [7, 11) is 1.40. The summed E-state index contributed by atoms with van der Waals surface area (Å²) >= 11 is 6.60. The lowest BCUT2D eigenvalue weighted by molar-refractivity contribution is -0.929. The lowest BCUT2D eigenvalue weighted by Gasteiger charge is -2.46. The molecule has 69 heavy (non-hydrogen) atoms. The van der Waals surface area contributed by atoms with Gasteiger partial charge in [-0.1, -0.05) is 11.6 Å². The summed E-state index contributed by atoms with van der Waals surface area (Å²) in [6.07, 6.45) is 0.110. The van der Waals surface area contributed by atoms with Crippen LogP contribution in [0.15, 0.2) is 48.9 Å². The van der Waals surface area contributed by atoms with Crippen LogP contribution < -0.4 is 16.0 Å². The molecule has 5 aliphatic heterocycles. The summed E-state index contributed by atoms with van der Waals surface area (Å²) < 4.78 is 46.4. The Hall–Kier alpha value is -6.36. The molecule has 19 nitrogen and oxygen atoms in total. The fourth-order valence-corrected chi connectivity index (χ4v) is 11.1. The monoisotopic (exact) mass is 974 g/mol. The topological polar surface area (TPSA) is 216 Å². The first-order valence-corrected chi connectivity index (χ1v) is 23.5. The van der Waals surface area contributed by atoms with Gasteiger partial charge >= 0.3 is 12.1 Å². The summed E-state index contributed by atoms with van der Waals surface area (Å²) in [6.45, 7) is 8.22. The lowest BCUT2D eigenvalue weighted by atomic mass is 9.90. The molecule has 0 saturated carbocycles. The standard InChI is InChI=1S/C46H51ClF3N13O6/c1-58-37(33-23-62(57-40(33)46(48,49)50)38-14-35-28(19-53-38)12-36(56-35)45(69)61-21-29-17-52-18-30(29)22-61)20-54-41(58)42(66)55-31-2-3-32(34(47)13-31)44(68)60-8-6-59(7-9-60)43(67)27-4-10-63(11-5-27,25-39(64)65)24-26-15-51-16-26/h2-3,12-14,19-20,23,26-27,29-30,51-52H,4-11,15-18,21-22,24-25H2,1H3,(H2-,53,55,56,64,65,66,68,69)/p+1/t27?,29-,30+,63?. The van der Waals surface area contributed by atoms with Gasteiger partial charge in [0.1, 0.15) is 5.69 Å². The van der Waals surface area contributed by atoms with Gasteiger partial charge in [-0.3, -0.25) is 19.2 Å². The summed E-state index contributed by atoms with van der Waals surface area (Å²) in [4.78, 5) is 82.7. The molecule has 5 aromatic rings. The maximum Gasteiger partial charge on any atom is 0.435 e. The molecule has 1 aromatic carbocycles. The Morgan fingerprint density at radius 2 is 1.58 bits per heavy atom. The van der Waals surface area contributed by atoms with Crippen LogP contribution >= 0.6 is 11.6 Å². The van der Waals surface area contributed by atoms with Crippen molar-refractivity contribution in [2.45, 2.75) is 19.0 Å². The second-order valence-corrected chi connectivity index (χ2v) is 19.6. The van der Waals surface area contributed by atoms with E-state index in [1.54, 1.807) is 15.9 Å². The number of amides is 4. The number of aliphatic carboxylic acids is 1. The van der Waals surface area contributed by atoms with Crippen molar-refractivity contribution in [2.75, 3.05) is 96.9 Å². The Bertz CT molecular complexity index is 2830. The third-order valence-electron chi connectivity index (χ3n) is 14.7. The van der Waals surface area contributed by atoms with Crippen LogP contribution in [0.3, 0.4) is 0 Å². The molecule has 0 spiro atoms. The maximum atomic E-state index is 14.6. The van der Waals surface area contributed by atoms with Crippen molar-refractivity contribution < 1.29 is 46.7 Å². The molecule has 0 aliphatic carbocycles. The number of nitrogens with one attached hydrogen (secondary N) is 4. The van der Waals surface area contributed by atoms with Crippen LogP contribution in [0.25, 0.3) is 28.0 Å². The molecule has 5 N–H and O–H groups in total. The fraction of sp³-hybridized carbons (Fsp3) is 0.478. The molecule has 5 fully saturated rings.